The van der Waals surface area contributed by atoms with Gasteiger partial charge in [-0.15, -0.1) is 0 Å². The second-order valence-electron chi connectivity index (χ2n) is 18.0. The fourth-order valence-corrected chi connectivity index (χ4v) is 9.14. The lowest BCUT2D eigenvalue weighted by atomic mass is 9.78. The number of anilines is 3. The van der Waals surface area contributed by atoms with Crippen molar-refractivity contribution in [1.82, 2.24) is 0 Å². The first-order chi connectivity index (χ1) is 27.1. The van der Waals surface area contributed by atoms with E-state index in [0.717, 1.165) is 39.0 Å². The Bertz CT molecular complexity index is 2670. The molecule has 0 bridgehead atoms. The van der Waals surface area contributed by atoms with Gasteiger partial charge in [-0.2, -0.15) is 0 Å². The van der Waals surface area contributed by atoms with Crippen molar-refractivity contribution >= 4 is 49.8 Å². The average molecular weight is 732 g/mol. The Labute approximate surface area is 332 Å². The van der Waals surface area contributed by atoms with Crippen LogP contribution >= 0.6 is 0 Å². The van der Waals surface area contributed by atoms with Gasteiger partial charge in [0, 0.05) is 16.5 Å². The number of para-hydroxylation sites is 3. The van der Waals surface area contributed by atoms with Crippen LogP contribution in [0.15, 0.2) is 150 Å². The summed E-state index contributed by atoms with van der Waals surface area (Å²) in [5.74, 6) is 0.579. The topological polar surface area (TPSA) is 16.4 Å². The molecular formula is C54H53NO. The zero-order valence-corrected chi connectivity index (χ0v) is 33.8. The van der Waals surface area contributed by atoms with Crippen molar-refractivity contribution in [2.75, 3.05) is 4.90 Å². The van der Waals surface area contributed by atoms with Gasteiger partial charge in [0.2, 0.25) is 0 Å². The Balaban J connectivity index is 1.36. The first kappa shape index (κ1) is 36.1. The Morgan fingerprint density at radius 1 is 0.482 bits per heavy atom. The quantitative estimate of drug-likeness (QED) is 0.169. The van der Waals surface area contributed by atoms with E-state index < -0.39 is 0 Å². The highest BCUT2D eigenvalue weighted by molar-refractivity contribution is 6.15. The van der Waals surface area contributed by atoms with Crippen LogP contribution in [0.3, 0.4) is 0 Å². The van der Waals surface area contributed by atoms with Gasteiger partial charge in [0.25, 0.3) is 0 Å². The molecule has 280 valence electrons. The molecule has 1 fully saturated rings. The lowest BCUT2D eigenvalue weighted by Crippen LogP contribution is -2.17. The summed E-state index contributed by atoms with van der Waals surface area (Å²) in [6.07, 6.45) is 6.47. The lowest BCUT2D eigenvalue weighted by molar-refractivity contribution is 0.445. The van der Waals surface area contributed by atoms with Crippen molar-refractivity contribution in [3.8, 4) is 22.3 Å². The summed E-state index contributed by atoms with van der Waals surface area (Å²) in [4.78, 5) is 2.53. The van der Waals surface area contributed by atoms with Crippen molar-refractivity contribution in [3.05, 3.63) is 162 Å². The van der Waals surface area contributed by atoms with Crippen LogP contribution in [0.2, 0.25) is 0 Å². The van der Waals surface area contributed by atoms with Gasteiger partial charge in [0.05, 0.1) is 22.4 Å². The zero-order valence-electron chi connectivity index (χ0n) is 33.8. The molecule has 2 heteroatoms. The van der Waals surface area contributed by atoms with E-state index in [2.05, 4.69) is 192 Å². The van der Waals surface area contributed by atoms with Crippen LogP contribution in [0.1, 0.15) is 96.3 Å². The Morgan fingerprint density at radius 2 is 1.04 bits per heavy atom. The molecule has 0 spiro atoms. The Kier molecular flexibility index (Phi) is 9.12. The summed E-state index contributed by atoms with van der Waals surface area (Å²) in [6, 6.07) is 54.2. The maximum atomic E-state index is 6.56. The molecule has 1 aliphatic rings. The highest BCUT2D eigenvalue weighted by Crippen LogP contribution is 2.50. The Hall–Kier alpha value is -5.60. The van der Waals surface area contributed by atoms with Gasteiger partial charge in [-0.1, -0.05) is 176 Å². The van der Waals surface area contributed by atoms with Gasteiger partial charge in [-0.05, 0) is 98.5 Å². The predicted molar refractivity (Wildman–Crippen MR) is 240 cm³/mol. The molecule has 0 aliphatic heterocycles. The van der Waals surface area contributed by atoms with E-state index in [1.165, 1.54) is 81.8 Å². The zero-order chi connectivity index (χ0) is 38.6. The van der Waals surface area contributed by atoms with E-state index in [1.807, 2.05) is 0 Å². The molecule has 0 atom stereocenters. The maximum Gasteiger partial charge on any atom is 0.137 e. The van der Waals surface area contributed by atoms with Gasteiger partial charge in [0.15, 0.2) is 0 Å². The molecule has 1 aromatic heterocycles. The minimum atomic E-state index is -0.0110. The highest BCUT2D eigenvalue weighted by Gasteiger charge is 2.27. The largest absolute Gasteiger partial charge is 0.456 e. The third-order valence-electron chi connectivity index (χ3n) is 12.2. The van der Waals surface area contributed by atoms with Gasteiger partial charge in [-0.25, -0.2) is 0 Å². The molecule has 0 saturated heterocycles. The van der Waals surface area contributed by atoms with Crippen molar-refractivity contribution in [1.29, 1.82) is 0 Å². The minimum Gasteiger partial charge on any atom is -0.456 e. The summed E-state index contributed by atoms with van der Waals surface area (Å²) < 4.78 is 6.56. The number of fused-ring (bicyclic) bond motifs is 4. The first-order valence-electron chi connectivity index (χ1n) is 20.6. The number of nitrogens with zero attached hydrogens (tertiary/aromatic N) is 1. The van der Waals surface area contributed by atoms with Crippen LogP contribution in [0.5, 0.6) is 0 Å². The van der Waals surface area contributed by atoms with Crippen LogP contribution in [-0.2, 0) is 10.8 Å². The molecule has 0 radical (unpaired) electrons. The molecule has 1 heterocycles. The van der Waals surface area contributed by atoms with Gasteiger partial charge in [0.1, 0.15) is 11.2 Å². The summed E-state index contributed by atoms with van der Waals surface area (Å²) in [5.41, 5.74) is 14.3. The average Bonchev–Trinajstić information content (AvgIpc) is 3.60. The molecule has 2 nitrogen and oxygen atoms in total. The van der Waals surface area contributed by atoms with Crippen LogP contribution in [0.25, 0.3) is 55.0 Å². The standard InChI is InChI=1S/C54H53NO/c1-53(2,3)39-33-38(34-40(35-39)54(4,5)6)41-23-10-13-28-46(41)55(48-30-18-32-50-52(48)45-25-12-15-31-49(45)56-50)47-29-14-11-24-43(47)44-27-17-22-37-21-16-26-42(51(37)44)36-19-8-7-9-20-36/h10-18,21-36H,7-9,19-20H2,1-6H3. The van der Waals surface area contributed by atoms with Crippen LogP contribution in [0, 0.1) is 0 Å². The summed E-state index contributed by atoms with van der Waals surface area (Å²) >= 11 is 0. The maximum absolute atomic E-state index is 6.56. The third-order valence-corrected chi connectivity index (χ3v) is 12.2. The second kappa shape index (κ2) is 14.2. The fourth-order valence-electron chi connectivity index (χ4n) is 9.14. The first-order valence-corrected chi connectivity index (χ1v) is 20.6. The van der Waals surface area contributed by atoms with Gasteiger partial charge < -0.3 is 9.32 Å². The molecule has 0 unspecified atom stereocenters. The number of benzene rings is 7. The molecule has 1 aliphatic carbocycles. The van der Waals surface area contributed by atoms with Crippen molar-refractivity contribution < 1.29 is 4.42 Å². The van der Waals surface area contributed by atoms with E-state index >= 15 is 0 Å². The third kappa shape index (κ3) is 6.49. The minimum absolute atomic E-state index is 0.0110. The lowest BCUT2D eigenvalue weighted by Gasteiger charge is -2.32. The molecule has 1 saturated carbocycles. The predicted octanol–water partition coefficient (Wildman–Crippen LogP) is 16.2. The number of rotatable bonds is 6. The van der Waals surface area contributed by atoms with Gasteiger partial charge >= 0.3 is 0 Å². The normalized spacial score (nSPS) is 14.2. The SMILES string of the molecule is CC(C)(C)c1cc(-c2ccccc2N(c2ccccc2-c2cccc3cccc(C4CCCCC4)c23)c2cccc3oc4ccccc4c23)cc(C(C)(C)C)c1. The molecule has 9 rings (SSSR count). The van der Waals surface area contributed by atoms with Crippen molar-refractivity contribution in [2.45, 2.75) is 90.4 Å². The molecular weight excluding hydrogens is 679 g/mol. The van der Waals surface area contributed by atoms with E-state index in [1.54, 1.807) is 0 Å². The molecule has 56 heavy (non-hydrogen) atoms. The second-order valence-corrected chi connectivity index (χ2v) is 18.0. The number of hydrogen-bond acceptors (Lipinski definition) is 2. The van der Waals surface area contributed by atoms with Crippen LogP contribution < -0.4 is 4.90 Å². The summed E-state index contributed by atoms with van der Waals surface area (Å²) in [7, 11) is 0. The van der Waals surface area contributed by atoms with E-state index in [4.69, 9.17) is 4.42 Å². The van der Waals surface area contributed by atoms with Crippen LogP contribution in [0.4, 0.5) is 17.1 Å². The van der Waals surface area contributed by atoms with Crippen molar-refractivity contribution in [2.24, 2.45) is 0 Å². The van der Waals surface area contributed by atoms with E-state index in [0.29, 0.717) is 5.92 Å². The molecule has 0 amide bonds. The van der Waals surface area contributed by atoms with E-state index in [-0.39, 0.29) is 10.8 Å². The fraction of sp³-hybridized carbons (Fsp3) is 0.259. The molecule has 0 N–H and O–H groups in total. The monoisotopic (exact) mass is 731 g/mol. The number of hydrogen-bond donors (Lipinski definition) is 0. The van der Waals surface area contributed by atoms with Gasteiger partial charge in [-0.3, -0.25) is 0 Å². The highest BCUT2D eigenvalue weighted by atomic mass is 16.3. The number of furan rings is 1. The Morgan fingerprint density at radius 3 is 1.75 bits per heavy atom. The molecule has 7 aromatic carbocycles. The van der Waals surface area contributed by atoms with Crippen molar-refractivity contribution in [3.63, 3.8) is 0 Å². The smallest absolute Gasteiger partial charge is 0.137 e. The molecule has 8 aromatic rings. The van der Waals surface area contributed by atoms with E-state index in [9.17, 15) is 0 Å². The summed E-state index contributed by atoms with van der Waals surface area (Å²) in [6.45, 7) is 13.9. The summed E-state index contributed by atoms with van der Waals surface area (Å²) in [5, 5.41) is 4.94. The van der Waals surface area contributed by atoms with Crippen LogP contribution in [-0.4, -0.2) is 0 Å².